The van der Waals surface area contributed by atoms with Crippen molar-refractivity contribution in [3.8, 4) is 5.69 Å². The van der Waals surface area contributed by atoms with E-state index in [1.54, 1.807) is 12.4 Å². The zero-order chi connectivity index (χ0) is 17.6. The van der Waals surface area contributed by atoms with E-state index in [1.807, 2.05) is 42.0 Å². The zero-order valence-electron chi connectivity index (χ0n) is 13.3. The molecule has 0 saturated carbocycles. The molecule has 1 aromatic heterocycles. The Bertz CT molecular complexity index is 1030. The Morgan fingerprint density at radius 1 is 1.20 bits per heavy atom. The predicted octanol–water partition coefficient (Wildman–Crippen LogP) is 2.17. The Balaban J connectivity index is 1.75. The van der Waals surface area contributed by atoms with Crippen LogP contribution in [0.2, 0.25) is 0 Å². The maximum absolute atomic E-state index is 11.9. The van der Waals surface area contributed by atoms with Crippen LogP contribution in [0.3, 0.4) is 0 Å². The highest BCUT2D eigenvalue weighted by Crippen LogP contribution is 2.27. The van der Waals surface area contributed by atoms with Gasteiger partial charge in [-0.15, -0.1) is 4.40 Å². The van der Waals surface area contributed by atoms with Crippen molar-refractivity contribution in [3.05, 3.63) is 54.1 Å². The van der Waals surface area contributed by atoms with Gasteiger partial charge in [-0.25, -0.2) is 18.4 Å². The second kappa shape index (κ2) is 5.82. The molecule has 0 radical (unpaired) electrons. The van der Waals surface area contributed by atoms with Gasteiger partial charge in [0.1, 0.15) is 5.17 Å². The summed E-state index contributed by atoms with van der Waals surface area (Å²) in [7, 11) is -3.48. The summed E-state index contributed by atoms with van der Waals surface area (Å²) in [6, 6.07) is 7.65. The SMILES string of the molecule is Cc1cn(-c2ccc(C3=CC(Cl)=NN4CCS(=O)(=O)N=C34)cc2)cn1. The van der Waals surface area contributed by atoms with Gasteiger partial charge in [0.25, 0.3) is 10.0 Å². The quantitative estimate of drug-likeness (QED) is 0.805. The van der Waals surface area contributed by atoms with Crippen molar-refractivity contribution in [1.29, 1.82) is 0 Å². The van der Waals surface area contributed by atoms with Crippen molar-refractivity contribution in [2.45, 2.75) is 6.92 Å². The molecule has 0 atom stereocenters. The molecule has 1 aromatic carbocycles. The fourth-order valence-electron chi connectivity index (χ4n) is 2.73. The van der Waals surface area contributed by atoms with Gasteiger partial charge in [-0.1, -0.05) is 23.7 Å². The number of hydrogen-bond donors (Lipinski definition) is 0. The second-order valence-corrected chi connectivity index (χ2v) is 7.92. The number of aromatic nitrogens is 2. The fourth-order valence-corrected chi connectivity index (χ4v) is 3.89. The van der Waals surface area contributed by atoms with E-state index in [9.17, 15) is 8.42 Å². The molecule has 25 heavy (non-hydrogen) atoms. The molecule has 0 unspecified atom stereocenters. The summed E-state index contributed by atoms with van der Waals surface area (Å²) >= 11 is 6.10. The Morgan fingerprint density at radius 2 is 1.96 bits per heavy atom. The smallest absolute Gasteiger partial charge is 0.256 e. The van der Waals surface area contributed by atoms with Crippen molar-refractivity contribution in [2.24, 2.45) is 9.50 Å². The number of hydrazone groups is 1. The van der Waals surface area contributed by atoms with Gasteiger partial charge in [0.05, 0.1) is 24.3 Å². The minimum absolute atomic E-state index is 0.0730. The third kappa shape index (κ3) is 3.10. The molecule has 0 N–H and O–H groups in total. The number of amidine groups is 1. The third-order valence-corrected chi connectivity index (χ3v) is 5.27. The van der Waals surface area contributed by atoms with Crippen LogP contribution in [0.5, 0.6) is 0 Å². The van der Waals surface area contributed by atoms with Gasteiger partial charge < -0.3 is 4.57 Å². The first-order chi connectivity index (χ1) is 11.9. The van der Waals surface area contributed by atoms with Crippen LogP contribution in [0.1, 0.15) is 11.3 Å². The highest BCUT2D eigenvalue weighted by molar-refractivity contribution is 7.90. The first-order valence-corrected chi connectivity index (χ1v) is 9.58. The van der Waals surface area contributed by atoms with Gasteiger partial charge in [-0.2, -0.15) is 5.10 Å². The standard InChI is InChI=1S/C16H14ClN5O2S/c1-11-9-21(10-18-11)13-4-2-12(3-5-13)14-8-15(17)19-22-6-7-25(23,24)20-16(14)22/h2-5,8-10H,6-7H2,1H3. The molecule has 2 aliphatic heterocycles. The molecule has 7 nitrogen and oxygen atoms in total. The molecule has 0 fully saturated rings. The van der Waals surface area contributed by atoms with Crippen LogP contribution in [-0.4, -0.2) is 46.3 Å². The Labute approximate surface area is 150 Å². The number of aryl methyl sites for hydroxylation is 1. The van der Waals surface area contributed by atoms with Gasteiger partial charge in [-0.3, -0.25) is 0 Å². The van der Waals surface area contributed by atoms with Gasteiger partial charge in [0.2, 0.25) is 0 Å². The third-order valence-electron chi connectivity index (χ3n) is 3.94. The van der Waals surface area contributed by atoms with Crippen LogP contribution in [0, 0.1) is 6.92 Å². The molecular weight excluding hydrogens is 362 g/mol. The van der Waals surface area contributed by atoms with Crippen molar-refractivity contribution < 1.29 is 8.42 Å². The van der Waals surface area contributed by atoms with Crippen LogP contribution in [-0.2, 0) is 10.0 Å². The molecule has 4 rings (SSSR count). The maximum Gasteiger partial charge on any atom is 0.256 e. The fraction of sp³-hybridized carbons (Fsp3) is 0.188. The summed E-state index contributed by atoms with van der Waals surface area (Å²) in [5.41, 5.74) is 3.33. The lowest BCUT2D eigenvalue weighted by Gasteiger charge is -2.28. The monoisotopic (exact) mass is 375 g/mol. The molecule has 128 valence electrons. The molecule has 2 aliphatic rings. The number of allylic oxidation sites excluding steroid dienone is 1. The Morgan fingerprint density at radius 3 is 2.64 bits per heavy atom. The van der Waals surface area contributed by atoms with Crippen molar-refractivity contribution in [1.82, 2.24) is 14.6 Å². The number of rotatable bonds is 2. The lowest BCUT2D eigenvalue weighted by molar-refractivity contribution is 0.463. The maximum atomic E-state index is 11.9. The Kier molecular flexibility index (Phi) is 3.73. The molecule has 3 heterocycles. The summed E-state index contributed by atoms with van der Waals surface area (Å²) < 4.78 is 29.5. The van der Waals surface area contributed by atoms with Crippen LogP contribution in [0.15, 0.2) is 52.4 Å². The lowest BCUT2D eigenvalue weighted by atomic mass is 10.0. The van der Waals surface area contributed by atoms with Crippen molar-refractivity contribution >= 4 is 38.2 Å². The molecule has 0 aliphatic carbocycles. The summed E-state index contributed by atoms with van der Waals surface area (Å²) in [6.07, 6.45) is 5.30. The van der Waals surface area contributed by atoms with Gasteiger partial charge >= 0.3 is 0 Å². The average Bonchev–Trinajstić information content (AvgIpc) is 3.01. The second-order valence-electron chi connectivity index (χ2n) is 5.77. The molecule has 0 spiro atoms. The number of halogens is 1. The summed E-state index contributed by atoms with van der Waals surface area (Å²) in [4.78, 5) is 4.21. The number of benzene rings is 1. The zero-order valence-corrected chi connectivity index (χ0v) is 14.9. The molecule has 0 amide bonds. The first-order valence-electron chi connectivity index (χ1n) is 7.59. The normalized spacial score (nSPS) is 19.0. The summed E-state index contributed by atoms with van der Waals surface area (Å²) in [6.45, 7) is 2.16. The van der Waals surface area contributed by atoms with Crippen molar-refractivity contribution in [2.75, 3.05) is 12.3 Å². The van der Waals surface area contributed by atoms with Gasteiger partial charge in [-0.05, 0) is 30.7 Å². The van der Waals surface area contributed by atoms with E-state index in [4.69, 9.17) is 11.6 Å². The Hall–Kier alpha value is -2.45. The highest BCUT2D eigenvalue weighted by atomic mass is 35.5. The molecule has 0 saturated heterocycles. The van der Waals surface area contributed by atoms with E-state index in [0.29, 0.717) is 16.6 Å². The van der Waals surface area contributed by atoms with E-state index in [2.05, 4.69) is 14.5 Å². The van der Waals surface area contributed by atoms with Crippen molar-refractivity contribution in [3.63, 3.8) is 0 Å². The minimum Gasteiger partial charge on any atom is -0.306 e. The van der Waals surface area contributed by atoms with Gasteiger partial charge in [0, 0.05) is 17.5 Å². The summed E-state index contributed by atoms with van der Waals surface area (Å²) in [5, 5.41) is 5.97. The first kappa shape index (κ1) is 16.0. The molecule has 9 heteroatoms. The average molecular weight is 376 g/mol. The van der Waals surface area contributed by atoms with E-state index in [-0.39, 0.29) is 12.3 Å². The highest BCUT2D eigenvalue weighted by Gasteiger charge is 2.30. The van der Waals surface area contributed by atoms with Crippen LogP contribution in [0.25, 0.3) is 11.3 Å². The number of nitrogens with zero attached hydrogens (tertiary/aromatic N) is 5. The number of fused-ring (bicyclic) bond motifs is 1. The minimum atomic E-state index is -3.48. The molecule has 2 aromatic rings. The van der Waals surface area contributed by atoms with E-state index < -0.39 is 10.0 Å². The predicted molar refractivity (Wildman–Crippen MR) is 97.5 cm³/mol. The number of sulfonamides is 1. The number of hydrogen-bond acceptors (Lipinski definition) is 5. The van der Waals surface area contributed by atoms with Crippen LogP contribution in [0.4, 0.5) is 0 Å². The van der Waals surface area contributed by atoms with Crippen LogP contribution < -0.4 is 0 Å². The lowest BCUT2D eigenvalue weighted by Crippen LogP contribution is -2.38. The molecule has 0 bridgehead atoms. The van der Waals surface area contributed by atoms with Gasteiger partial charge in [0.15, 0.2) is 5.84 Å². The molecular formula is C16H14ClN5O2S. The van der Waals surface area contributed by atoms with E-state index in [0.717, 1.165) is 16.9 Å². The summed E-state index contributed by atoms with van der Waals surface area (Å²) in [5.74, 6) is 0.234. The van der Waals surface area contributed by atoms with E-state index >= 15 is 0 Å². The largest absolute Gasteiger partial charge is 0.306 e. The number of imidazole rings is 1. The topological polar surface area (TPSA) is 79.9 Å². The van der Waals surface area contributed by atoms with Crippen LogP contribution >= 0.6 is 11.6 Å². The van der Waals surface area contributed by atoms with E-state index in [1.165, 1.54) is 5.01 Å².